The van der Waals surface area contributed by atoms with Crippen LogP contribution < -0.4 is 14.8 Å². The molecular formula is C14H21NO5. The molecule has 2 rings (SSSR count). The Hall–Kier alpha value is -1.50. The molecule has 0 spiro atoms. The largest absolute Gasteiger partial charge is 0.454 e. The molecule has 2 N–H and O–H groups in total. The van der Waals surface area contributed by atoms with Gasteiger partial charge in [0.05, 0.1) is 25.9 Å². The number of hydrogen-bond acceptors (Lipinski definition) is 6. The van der Waals surface area contributed by atoms with Crippen LogP contribution in [0.5, 0.6) is 11.5 Å². The van der Waals surface area contributed by atoms with Crippen LogP contribution in [-0.2, 0) is 9.47 Å². The van der Waals surface area contributed by atoms with Gasteiger partial charge in [0.1, 0.15) is 0 Å². The number of rotatable bonds is 9. The first-order valence-corrected chi connectivity index (χ1v) is 6.76. The van der Waals surface area contributed by atoms with E-state index in [9.17, 15) is 5.11 Å². The van der Waals surface area contributed by atoms with Crippen LogP contribution in [0.1, 0.15) is 6.92 Å². The average molecular weight is 283 g/mol. The van der Waals surface area contributed by atoms with Crippen LogP contribution in [0.4, 0.5) is 5.69 Å². The lowest BCUT2D eigenvalue weighted by Crippen LogP contribution is -2.25. The Morgan fingerprint density at radius 1 is 1.25 bits per heavy atom. The molecule has 0 fully saturated rings. The molecule has 1 aliphatic heterocycles. The van der Waals surface area contributed by atoms with Crippen molar-refractivity contribution in [1.82, 2.24) is 0 Å². The standard InChI is InChI=1S/C14H21NO5/c1-2-17-5-6-18-9-12(16)8-15-11-3-4-13-14(7-11)20-10-19-13/h3-4,7,12,15-16H,2,5-6,8-10H2,1H3. The smallest absolute Gasteiger partial charge is 0.231 e. The molecule has 0 amide bonds. The van der Waals surface area contributed by atoms with Crippen LogP contribution in [0, 0.1) is 0 Å². The van der Waals surface area contributed by atoms with E-state index in [4.69, 9.17) is 18.9 Å². The summed E-state index contributed by atoms with van der Waals surface area (Å²) in [6, 6.07) is 5.58. The number of aliphatic hydroxyl groups is 1. The summed E-state index contributed by atoms with van der Waals surface area (Å²) in [4.78, 5) is 0. The Balaban J connectivity index is 1.64. The Kier molecular flexibility index (Phi) is 5.91. The van der Waals surface area contributed by atoms with Gasteiger partial charge in [-0.05, 0) is 19.1 Å². The number of hydrogen-bond donors (Lipinski definition) is 2. The zero-order valence-corrected chi connectivity index (χ0v) is 11.6. The van der Waals surface area contributed by atoms with Gasteiger partial charge in [0, 0.05) is 24.9 Å². The van der Waals surface area contributed by atoms with Crippen molar-refractivity contribution < 1.29 is 24.1 Å². The van der Waals surface area contributed by atoms with Crippen molar-refractivity contribution in [3.8, 4) is 11.5 Å². The zero-order valence-electron chi connectivity index (χ0n) is 11.6. The van der Waals surface area contributed by atoms with E-state index < -0.39 is 6.10 Å². The van der Waals surface area contributed by atoms with Crippen molar-refractivity contribution in [1.29, 1.82) is 0 Å². The van der Waals surface area contributed by atoms with Crippen LogP contribution >= 0.6 is 0 Å². The van der Waals surface area contributed by atoms with Crippen molar-refractivity contribution >= 4 is 5.69 Å². The van der Waals surface area contributed by atoms with Gasteiger partial charge in [-0.1, -0.05) is 0 Å². The average Bonchev–Trinajstić information content (AvgIpc) is 2.92. The summed E-state index contributed by atoms with van der Waals surface area (Å²) in [6.07, 6.45) is -0.568. The second kappa shape index (κ2) is 7.94. The fraction of sp³-hybridized carbons (Fsp3) is 0.571. The fourth-order valence-electron chi connectivity index (χ4n) is 1.78. The molecule has 1 aromatic rings. The van der Waals surface area contributed by atoms with Gasteiger partial charge in [0.25, 0.3) is 0 Å². The van der Waals surface area contributed by atoms with Gasteiger partial charge in [-0.3, -0.25) is 0 Å². The summed E-state index contributed by atoms with van der Waals surface area (Å²) in [5, 5.41) is 12.9. The number of benzene rings is 1. The van der Waals surface area contributed by atoms with Gasteiger partial charge in [-0.25, -0.2) is 0 Å². The van der Waals surface area contributed by atoms with E-state index in [0.29, 0.717) is 26.4 Å². The van der Waals surface area contributed by atoms with E-state index in [-0.39, 0.29) is 13.4 Å². The summed E-state index contributed by atoms with van der Waals surface area (Å²) < 4.78 is 21.0. The topological polar surface area (TPSA) is 69.2 Å². The minimum absolute atomic E-state index is 0.259. The van der Waals surface area contributed by atoms with E-state index in [1.807, 2.05) is 25.1 Å². The van der Waals surface area contributed by atoms with Gasteiger partial charge >= 0.3 is 0 Å². The summed E-state index contributed by atoms with van der Waals surface area (Å²) in [5.41, 5.74) is 0.877. The third-order valence-electron chi connectivity index (χ3n) is 2.80. The van der Waals surface area contributed by atoms with Crippen molar-refractivity contribution in [3.63, 3.8) is 0 Å². The lowest BCUT2D eigenvalue weighted by Gasteiger charge is -2.13. The second-order valence-electron chi connectivity index (χ2n) is 4.37. The maximum absolute atomic E-state index is 9.78. The number of fused-ring (bicyclic) bond motifs is 1. The maximum atomic E-state index is 9.78. The summed E-state index contributed by atoms with van der Waals surface area (Å²) >= 11 is 0. The lowest BCUT2D eigenvalue weighted by molar-refractivity contribution is 0.0103. The highest BCUT2D eigenvalue weighted by atomic mass is 16.7. The molecule has 1 aliphatic rings. The van der Waals surface area contributed by atoms with Crippen LogP contribution in [-0.4, -0.2) is 51.0 Å². The maximum Gasteiger partial charge on any atom is 0.231 e. The quantitative estimate of drug-likeness (QED) is 0.665. The highest BCUT2D eigenvalue weighted by Gasteiger charge is 2.13. The molecule has 0 aliphatic carbocycles. The predicted octanol–water partition coefficient (Wildman–Crippen LogP) is 1.24. The van der Waals surface area contributed by atoms with E-state index in [1.54, 1.807) is 0 Å². The molecule has 1 aromatic carbocycles. The van der Waals surface area contributed by atoms with Crippen molar-refractivity contribution in [2.45, 2.75) is 13.0 Å². The highest BCUT2D eigenvalue weighted by Crippen LogP contribution is 2.34. The third kappa shape index (κ3) is 4.56. The SMILES string of the molecule is CCOCCOCC(O)CNc1ccc2c(c1)OCO2. The van der Waals surface area contributed by atoms with Crippen molar-refractivity contribution in [2.24, 2.45) is 0 Å². The highest BCUT2D eigenvalue weighted by molar-refractivity contribution is 5.55. The first kappa shape index (κ1) is 14.9. The number of nitrogens with one attached hydrogen (secondary N) is 1. The second-order valence-corrected chi connectivity index (χ2v) is 4.37. The first-order chi connectivity index (χ1) is 9.79. The minimum Gasteiger partial charge on any atom is -0.454 e. The summed E-state index contributed by atoms with van der Waals surface area (Å²) in [7, 11) is 0. The van der Waals surface area contributed by atoms with Crippen LogP contribution in [0.3, 0.4) is 0 Å². The molecule has 1 heterocycles. The van der Waals surface area contributed by atoms with Crippen LogP contribution in [0.15, 0.2) is 18.2 Å². The normalized spacial score (nSPS) is 14.3. The zero-order chi connectivity index (χ0) is 14.2. The molecule has 6 heteroatoms. The summed E-state index contributed by atoms with van der Waals surface area (Å²) in [6.45, 7) is 4.61. The monoisotopic (exact) mass is 283 g/mol. The van der Waals surface area contributed by atoms with Gasteiger partial charge in [-0.2, -0.15) is 0 Å². The summed E-state index contributed by atoms with van der Waals surface area (Å²) in [5.74, 6) is 1.47. The van der Waals surface area contributed by atoms with Gasteiger partial charge < -0.3 is 29.4 Å². The Bertz CT molecular complexity index is 413. The van der Waals surface area contributed by atoms with Crippen molar-refractivity contribution in [2.75, 3.05) is 45.1 Å². The van der Waals surface area contributed by atoms with E-state index in [1.165, 1.54) is 0 Å². The molecule has 20 heavy (non-hydrogen) atoms. The number of aliphatic hydroxyl groups excluding tert-OH is 1. The fourth-order valence-corrected chi connectivity index (χ4v) is 1.78. The number of ether oxygens (including phenoxy) is 4. The van der Waals surface area contributed by atoms with Crippen LogP contribution in [0.2, 0.25) is 0 Å². The predicted molar refractivity (Wildman–Crippen MR) is 74.4 cm³/mol. The molecule has 0 bridgehead atoms. The molecule has 0 aromatic heterocycles. The van der Waals surface area contributed by atoms with Gasteiger partial charge in [-0.15, -0.1) is 0 Å². The van der Waals surface area contributed by atoms with Crippen molar-refractivity contribution in [3.05, 3.63) is 18.2 Å². The molecule has 1 atom stereocenters. The molecule has 6 nitrogen and oxygen atoms in total. The third-order valence-corrected chi connectivity index (χ3v) is 2.80. The Morgan fingerprint density at radius 3 is 2.90 bits per heavy atom. The number of anilines is 1. The molecule has 112 valence electrons. The van der Waals surface area contributed by atoms with Gasteiger partial charge in [0.15, 0.2) is 11.5 Å². The van der Waals surface area contributed by atoms with E-state index in [2.05, 4.69) is 5.32 Å². The van der Waals surface area contributed by atoms with E-state index >= 15 is 0 Å². The minimum atomic E-state index is -0.568. The molecule has 1 unspecified atom stereocenters. The lowest BCUT2D eigenvalue weighted by atomic mass is 10.2. The van der Waals surface area contributed by atoms with Crippen LogP contribution in [0.25, 0.3) is 0 Å². The van der Waals surface area contributed by atoms with Gasteiger partial charge in [0.2, 0.25) is 6.79 Å². The first-order valence-electron chi connectivity index (χ1n) is 6.76. The Labute approximate surface area is 118 Å². The van der Waals surface area contributed by atoms with E-state index in [0.717, 1.165) is 17.2 Å². The molecular weight excluding hydrogens is 262 g/mol. The molecule has 0 saturated heterocycles. The molecule has 0 radical (unpaired) electrons. The Morgan fingerprint density at radius 2 is 2.05 bits per heavy atom. The molecule has 0 saturated carbocycles.